The van der Waals surface area contributed by atoms with Gasteiger partial charge in [0.15, 0.2) is 0 Å². The van der Waals surface area contributed by atoms with Crippen molar-refractivity contribution in [1.82, 2.24) is 29.0 Å². The molecule has 2 atom stereocenters. The van der Waals surface area contributed by atoms with Crippen LogP contribution in [0, 0.1) is 5.82 Å². The van der Waals surface area contributed by atoms with Gasteiger partial charge in [-0.25, -0.2) is 22.7 Å². The Kier molecular flexibility index (Phi) is 7.07. The number of fused-ring (bicyclic) bond motifs is 2. The summed E-state index contributed by atoms with van der Waals surface area (Å²) >= 11 is 0. The number of aromatic nitrogens is 5. The van der Waals surface area contributed by atoms with E-state index in [0.717, 1.165) is 39.1 Å². The number of ether oxygens (including phenoxy) is 2. The van der Waals surface area contributed by atoms with Gasteiger partial charge >= 0.3 is 0 Å². The van der Waals surface area contributed by atoms with Gasteiger partial charge < -0.3 is 19.4 Å². The van der Waals surface area contributed by atoms with E-state index in [9.17, 15) is 4.39 Å². The number of hydrogen-bond acceptors (Lipinski definition) is 7. The minimum atomic E-state index is -1.19. The van der Waals surface area contributed by atoms with E-state index in [-0.39, 0.29) is 42.6 Å². The van der Waals surface area contributed by atoms with Gasteiger partial charge in [-0.3, -0.25) is 4.90 Å². The summed E-state index contributed by atoms with van der Waals surface area (Å²) in [4.78, 5) is 11.2. The highest BCUT2D eigenvalue weighted by Gasteiger charge is 2.40. The molecular formula is C28H34F3N7O2. The average molecular weight is 558 g/mol. The lowest BCUT2D eigenvalue weighted by Crippen LogP contribution is -2.53. The van der Waals surface area contributed by atoms with Gasteiger partial charge in [0.05, 0.1) is 45.4 Å². The van der Waals surface area contributed by atoms with Crippen molar-refractivity contribution in [2.75, 3.05) is 38.7 Å². The first kappa shape index (κ1) is 26.8. The van der Waals surface area contributed by atoms with Crippen LogP contribution in [0.4, 0.5) is 19.1 Å². The molecule has 0 radical (unpaired) electrons. The Labute approximate surface area is 230 Å². The molecule has 5 heterocycles. The fourth-order valence-corrected chi connectivity index (χ4v) is 6.12. The summed E-state index contributed by atoms with van der Waals surface area (Å²) in [6.45, 7) is 8.84. The van der Waals surface area contributed by atoms with Crippen LogP contribution in [0.5, 0.6) is 5.88 Å². The Balaban J connectivity index is 1.29. The molecule has 214 valence electrons. The van der Waals surface area contributed by atoms with Crippen molar-refractivity contribution in [3.63, 3.8) is 0 Å². The summed E-state index contributed by atoms with van der Waals surface area (Å²) in [6.07, 6.45) is 6.61. The van der Waals surface area contributed by atoms with Crippen molar-refractivity contribution in [2.24, 2.45) is 0 Å². The molecule has 6 rings (SSSR count). The standard InChI is InChI=1S/C28H34F3N7O2/c1-4-5-17(29)12-37-16-32-24-20(30)10-28(2,11-22(24)37)23-21(31)13-38-25(23)26(39-3)34-27(35-38)33-18-6-8-36(9-7-18)19-14-40-15-19/h4,10,13,16-19H,1,5-9,11-12,14-15H2,2-3H3,(H,33,35). The van der Waals surface area contributed by atoms with Crippen molar-refractivity contribution < 1.29 is 22.6 Å². The Morgan fingerprint density at radius 1 is 1.30 bits per heavy atom. The zero-order chi connectivity index (χ0) is 28.0. The van der Waals surface area contributed by atoms with E-state index in [4.69, 9.17) is 9.47 Å². The number of anilines is 1. The molecule has 0 saturated carbocycles. The SMILES string of the molecule is C=CCC(F)Cn1cnc2c1CC(C)(c1c(F)cn3nc(NC4CCN(C5COC5)CC4)nc(OC)c13)C=C2F. The van der Waals surface area contributed by atoms with E-state index in [1.165, 1.54) is 36.3 Å². The third-order valence-electron chi connectivity index (χ3n) is 8.29. The molecule has 9 nitrogen and oxygen atoms in total. The lowest BCUT2D eigenvalue weighted by Gasteiger charge is -2.41. The summed E-state index contributed by atoms with van der Waals surface area (Å²) in [5.74, 6) is -0.622. The third-order valence-corrected chi connectivity index (χ3v) is 8.29. The van der Waals surface area contributed by atoms with Gasteiger partial charge in [-0.2, -0.15) is 4.98 Å². The van der Waals surface area contributed by atoms with Crippen molar-refractivity contribution in [1.29, 1.82) is 0 Å². The maximum Gasteiger partial charge on any atom is 0.244 e. The fourth-order valence-electron chi connectivity index (χ4n) is 6.12. The highest BCUT2D eigenvalue weighted by Crippen LogP contribution is 2.44. The third kappa shape index (κ3) is 4.77. The summed E-state index contributed by atoms with van der Waals surface area (Å²) in [6, 6.07) is 0.682. The molecule has 3 aliphatic rings. The van der Waals surface area contributed by atoms with Crippen LogP contribution in [-0.4, -0.2) is 80.7 Å². The normalized spacial score (nSPS) is 23.0. The van der Waals surface area contributed by atoms with E-state index in [2.05, 4.69) is 31.9 Å². The van der Waals surface area contributed by atoms with Gasteiger partial charge in [0.2, 0.25) is 11.8 Å². The Bertz CT molecular complexity index is 1440. The number of allylic oxidation sites excluding steroid dienone is 2. The second-order valence-electron chi connectivity index (χ2n) is 11.1. The lowest BCUT2D eigenvalue weighted by molar-refractivity contribution is -0.0705. The zero-order valence-electron chi connectivity index (χ0n) is 22.7. The summed E-state index contributed by atoms with van der Waals surface area (Å²) in [7, 11) is 1.47. The van der Waals surface area contributed by atoms with Gasteiger partial charge in [-0.1, -0.05) is 13.0 Å². The molecule has 12 heteroatoms. The minimum absolute atomic E-state index is 0.00548. The number of likely N-dealkylation sites (tertiary alicyclic amines) is 1. The Morgan fingerprint density at radius 2 is 2.08 bits per heavy atom. The monoisotopic (exact) mass is 557 g/mol. The molecule has 2 unspecified atom stereocenters. The maximum absolute atomic E-state index is 15.7. The van der Waals surface area contributed by atoms with Crippen molar-refractivity contribution in [3.8, 4) is 5.88 Å². The molecular weight excluding hydrogens is 523 g/mol. The molecule has 0 amide bonds. The van der Waals surface area contributed by atoms with Crippen LogP contribution in [0.3, 0.4) is 0 Å². The number of hydrogen-bond donors (Lipinski definition) is 1. The molecule has 2 fully saturated rings. The first-order valence-electron chi connectivity index (χ1n) is 13.7. The smallest absolute Gasteiger partial charge is 0.244 e. The second kappa shape index (κ2) is 10.5. The predicted molar refractivity (Wildman–Crippen MR) is 144 cm³/mol. The fraction of sp³-hybridized carbons (Fsp3) is 0.536. The van der Waals surface area contributed by atoms with E-state index < -0.39 is 23.2 Å². The Hall–Kier alpha value is -3.38. The van der Waals surface area contributed by atoms with Crippen LogP contribution < -0.4 is 10.1 Å². The molecule has 2 aliphatic heterocycles. The molecule has 2 saturated heterocycles. The van der Waals surface area contributed by atoms with Crippen LogP contribution in [0.25, 0.3) is 11.3 Å². The maximum atomic E-state index is 15.7. The number of nitrogens with zero attached hydrogens (tertiary/aromatic N) is 6. The molecule has 0 spiro atoms. The first-order valence-corrected chi connectivity index (χ1v) is 13.7. The van der Waals surface area contributed by atoms with Crippen LogP contribution in [-0.2, 0) is 23.1 Å². The topological polar surface area (TPSA) is 81.7 Å². The Morgan fingerprint density at radius 3 is 2.75 bits per heavy atom. The van der Waals surface area contributed by atoms with Crippen LogP contribution in [0.15, 0.2) is 31.3 Å². The predicted octanol–water partition coefficient (Wildman–Crippen LogP) is 4.09. The van der Waals surface area contributed by atoms with Crippen LogP contribution >= 0.6 is 0 Å². The lowest BCUT2D eigenvalue weighted by atomic mass is 9.75. The van der Waals surface area contributed by atoms with E-state index in [0.29, 0.717) is 23.2 Å². The number of halogens is 3. The van der Waals surface area contributed by atoms with Gasteiger partial charge in [-0.05, 0) is 25.3 Å². The first-order chi connectivity index (χ1) is 19.3. The quantitative estimate of drug-likeness (QED) is 0.397. The number of methoxy groups -OCH3 is 1. The van der Waals surface area contributed by atoms with Crippen LogP contribution in [0.2, 0.25) is 0 Å². The van der Waals surface area contributed by atoms with Crippen molar-refractivity contribution in [3.05, 3.63) is 54.0 Å². The molecule has 3 aromatic rings. The number of nitrogens with one attached hydrogen (secondary N) is 1. The number of piperidine rings is 1. The van der Waals surface area contributed by atoms with Crippen molar-refractivity contribution in [2.45, 2.75) is 62.8 Å². The van der Waals surface area contributed by atoms with Gasteiger partial charge in [-0.15, -0.1) is 11.7 Å². The average Bonchev–Trinajstić information content (AvgIpc) is 3.44. The second-order valence-corrected chi connectivity index (χ2v) is 11.1. The molecule has 0 bridgehead atoms. The molecule has 40 heavy (non-hydrogen) atoms. The largest absolute Gasteiger partial charge is 0.479 e. The zero-order valence-corrected chi connectivity index (χ0v) is 22.7. The van der Waals surface area contributed by atoms with Gasteiger partial charge in [0, 0.05) is 42.2 Å². The highest BCUT2D eigenvalue weighted by molar-refractivity contribution is 5.72. The van der Waals surface area contributed by atoms with E-state index in [1.807, 2.05) is 0 Å². The van der Waals surface area contributed by atoms with Gasteiger partial charge in [0.25, 0.3) is 0 Å². The molecule has 1 aliphatic carbocycles. The van der Waals surface area contributed by atoms with E-state index >= 15 is 8.78 Å². The highest BCUT2D eigenvalue weighted by atomic mass is 19.1. The summed E-state index contributed by atoms with van der Waals surface area (Å²) in [5.41, 5.74) is 0.0650. The van der Waals surface area contributed by atoms with Gasteiger partial charge in [0.1, 0.15) is 29.0 Å². The molecule has 3 aromatic heterocycles. The number of imidazole rings is 1. The van der Waals surface area contributed by atoms with Crippen LogP contribution in [0.1, 0.15) is 43.1 Å². The minimum Gasteiger partial charge on any atom is -0.479 e. The summed E-state index contributed by atoms with van der Waals surface area (Å²) < 4.78 is 59.4. The molecule has 0 aromatic carbocycles. The van der Waals surface area contributed by atoms with Crippen molar-refractivity contribution >= 4 is 17.3 Å². The molecule has 1 N–H and O–H groups in total. The number of alkyl halides is 1. The number of rotatable bonds is 9. The van der Waals surface area contributed by atoms with E-state index in [1.54, 1.807) is 11.5 Å². The summed E-state index contributed by atoms with van der Waals surface area (Å²) in [5, 5.41) is 7.93.